The molecule has 132 valence electrons. The Balaban J connectivity index is 1.58. The van der Waals surface area contributed by atoms with Gasteiger partial charge in [-0.1, -0.05) is 0 Å². The van der Waals surface area contributed by atoms with Gasteiger partial charge in [-0.3, -0.25) is 9.69 Å². The maximum atomic E-state index is 11.4. The van der Waals surface area contributed by atoms with Gasteiger partial charge in [0, 0.05) is 51.5 Å². The largest absolute Gasteiger partial charge is 0.388 e. The predicted molar refractivity (Wildman–Crippen MR) is 88.3 cm³/mol. The van der Waals surface area contributed by atoms with Crippen LogP contribution in [0.15, 0.2) is 12.3 Å². The summed E-state index contributed by atoms with van der Waals surface area (Å²) in [6.07, 6.45) is 2.84. The van der Waals surface area contributed by atoms with Gasteiger partial charge < -0.3 is 14.7 Å². The molecule has 0 spiro atoms. The van der Waals surface area contributed by atoms with Crippen molar-refractivity contribution in [1.29, 1.82) is 0 Å². The SMILES string of the molecule is CC(=O)N1CCC(O)(CN2CCO[C@@H](c3nccc(C)n3)C2)CC1. The molecule has 24 heavy (non-hydrogen) atoms. The van der Waals surface area contributed by atoms with Crippen molar-refractivity contribution >= 4 is 5.91 Å². The van der Waals surface area contributed by atoms with Gasteiger partial charge in [-0.15, -0.1) is 0 Å². The van der Waals surface area contributed by atoms with Gasteiger partial charge in [0.25, 0.3) is 0 Å². The van der Waals surface area contributed by atoms with Gasteiger partial charge in [0.1, 0.15) is 6.10 Å². The van der Waals surface area contributed by atoms with Crippen LogP contribution in [0.2, 0.25) is 0 Å². The maximum absolute atomic E-state index is 11.4. The summed E-state index contributed by atoms with van der Waals surface area (Å²) in [7, 11) is 0. The lowest BCUT2D eigenvalue weighted by molar-refractivity contribution is -0.134. The standard InChI is InChI=1S/C17H26N4O3/c1-13-3-6-18-16(19-13)15-11-20(9-10-24-15)12-17(23)4-7-21(8-5-17)14(2)22/h3,6,15,23H,4-5,7-12H2,1-2H3/t15-/m1/s1. The minimum Gasteiger partial charge on any atom is -0.388 e. The smallest absolute Gasteiger partial charge is 0.219 e. The number of morpholine rings is 1. The van der Waals surface area contributed by atoms with E-state index in [0.29, 0.717) is 51.5 Å². The zero-order valence-electron chi connectivity index (χ0n) is 14.4. The first-order valence-electron chi connectivity index (χ1n) is 8.57. The highest BCUT2D eigenvalue weighted by Crippen LogP contribution is 2.26. The Kier molecular flexibility index (Phi) is 5.12. The Bertz CT molecular complexity index is 587. The first-order valence-corrected chi connectivity index (χ1v) is 8.57. The maximum Gasteiger partial charge on any atom is 0.219 e. The number of aryl methyl sites for hydroxylation is 1. The molecule has 0 aromatic carbocycles. The second kappa shape index (κ2) is 7.13. The highest BCUT2D eigenvalue weighted by molar-refractivity contribution is 5.73. The average Bonchev–Trinajstić information content (AvgIpc) is 2.55. The summed E-state index contributed by atoms with van der Waals surface area (Å²) in [6.45, 7) is 7.46. The van der Waals surface area contributed by atoms with E-state index in [2.05, 4.69) is 14.9 Å². The summed E-state index contributed by atoms with van der Waals surface area (Å²) in [5.74, 6) is 0.790. The molecule has 2 aliphatic rings. The summed E-state index contributed by atoms with van der Waals surface area (Å²) >= 11 is 0. The lowest BCUT2D eigenvalue weighted by Gasteiger charge is -2.42. The molecule has 1 atom stereocenters. The fourth-order valence-electron chi connectivity index (χ4n) is 3.44. The number of carbonyl (C=O) groups is 1. The highest BCUT2D eigenvalue weighted by Gasteiger charge is 2.36. The van der Waals surface area contributed by atoms with E-state index >= 15 is 0 Å². The molecule has 3 rings (SSSR count). The second-order valence-corrected chi connectivity index (χ2v) is 6.88. The van der Waals surface area contributed by atoms with Crippen LogP contribution in [-0.2, 0) is 9.53 Å². The molecule has 2 saturated heterocycles. The molecule has 0 radical (unpaired) electrons. The first-order chi connectivity index (χ1) is 11.5. The number of aliphatic hydroxyl groups is 1. The van der Waals surface area contributed by atoms with Crippen molar-refractivity contribution in [2.24, 2.45) is 0 Å². The van der Waals surface area contributed by atoms with Crippen molar-refractivity contribution in [3.63, 3.8) is 0 Å². The minimum absolute atomic E-state index is 0.0834. The number of nitrogens with zero attached hydrogens (tertiary/aromatic N) is 4. The fraction of sp³-hybridized carbons (Fsp3) is 0.706. The highest BCUT2D eigenvalue weighted by atomic mass is 16.5. The van der Waals surface area contributed by atoms with Crippen molar-refractivity contribution in [1.82, 2.24) is 19.8 Å². The van der Waals surface area contributed by atoms with E-state index in [0.717, 1.165) is 12.2 Å². The molecule has 1 N–H and O–H groups in total. The number of rotatable bonds is 3. The summed E-state index contributed by atoms with van der Waals surface area (Å²) in [5, 5.41) is 10.9. The average molecular weight is 334 g/mol. The van der Waals surface area contributed by atoms with Crippen molar-refractivity contribution in [3.05, 3.63) is 23.8 Å². The minimum atomic E-state index is -0.735. The van der Waals surface area contributed by atoms with Gasteiger partial charge in [-0.25, -0.2) is 9.97 Å². The third-order valence-corrected chi connectivity index (χ3v) is 4.91. The van der Waals surface area contributed by atoms with Gasteiger partial charge in [0.15, 0.2) is 5.82 Å². The molecule has 2 fully saturated rings. The molecular weight excluding hydrogens is 308 g/mol. The number of likely N-dealkylation sites (tertiary alicyclic amines) is 1. The number of piperidine rings is 1. The molecule has 2 aliphatic heterocycles. The summed E-state index contributed by atoms with van der Waals surface area (Å²) < 4.78 is 5.82. The normalized spacial score (nSPS) is 24.8. The molecule has 1 aromatic rings. The van der Waals surface area contributed by atoms with Crippen molar-refractivity contribution in [3.8, 4) is 0 Å². The quantitative estimate of drug-likeness (QED) is 0.869. The molecule has 1 amide bonds. The van der Waals surface area contributed by atoms with E-state index in [1.807, 2.05) is 13.0 Å². The number of ether oxygens (including phenoxy) is 1. The number of carbonyl (C=O) groups excluding carboxylic acids is 1. The van der Waals surface area contributed by atoms with Crippen LogP contribution in [0.3, 0.4) is 0 Å². The van der Waals surface area contributed by atoms with Crippen LogP contribution >= 0.6 is 0 Å². The topological polar surface area (TPSA) is 78.8 Å². The van der Waals surface area contributed by atoms with Gasteiger partial charge in [0.2, 0.25) is 5.91 Å². The molecule has 0 unspecified atom stereocenters. The number of β-amino-alcohol motifs (C(OH)–C–C–N with tert-alkyl or cyclic N) is 1. The molecule has 0 saturated carbocycles. The zero-order valence-corrected chi connectivity index (χ0v) is 14.4. The van der Waals surface area contributed by atoms with Gasteiger partial charge in [-0.2, -0.15) is 0 Å². The Labute approximate surface area is 142 Å². The van der Waals surface area contributed by atoms with Crippen LogP contribution in [0.5, 0.6) is 0 Å². The van der Waals surface area contributed by atoms with E-state index in [4.69, 9.17) is 4.74 Å². The first kappa shape index (κ1) is 17.3. The third-order valence-electron chi connectivity index (χ3n) is 4.91. The Morgan fingerprint density at radius 2 is 2.17 bits per heavy atom. The van der Waals surface area contributed by atoms with E-state index in [1.165, 1.54) is 0 Å². The third kappa shape index (κ3) is 4.09. The van der Waals surface area contributed by atoms with Crippen LogP contribution < -0.4 is 0 Å². The Morgan fingerprint density at radius 3 is 2.83 bits per heavy atom. The van der Waals surface area contributed by atoms with Crippen molar-refractivity contribution in [2.75, 3.05) is 39.3 Å². The number of hydrogen-bond acceptors (Lipinski definition) is 6. The van der Waals surface area contributed by atoms with Crippen LogP contribution in [0.4, 0.5) is 0 Å². The van der Waals surface area contributed by atoms with Crippen molar-refractivity contribution in [2.45, 2.75) is 38.4 Å². The molecule has 7 nitrogen and oxygen atoms in total. The predicted octanol–water partition coefficient (Wildman–Crippen LogP) is 0.532. The summed E-state index contributed by atoms with van der Waals surface area (Å²) in [5.41, 5.74) is 0.192. The molecule has 1 aromatic heterocycles. The zero-order chi connectivity index (χ0) is 17.2. The van der Waals surface area contributed by atoms with E-state index in [1.54, 1.807) is 18.0 Å². The molecule has 7 heteroatoms. The lowest BCUT2D eigenvalue weighted by Crippen LogP contribution is -2.53. The van der Waals surface area contributed by atoms with E-state index < -0.39 is 5.60 Å². The number of aromatic nitrogens is 2. The second-order valence-electron chi connectivity index (χ2n) is 6.88. The Morgan fingerprint density at radius 1 is 1.42 bits per heavy atom. The van der Waals surface area contributed by atoms with Crippen LogP contribution in [0, 0.1) is 6.92 Å². The molecular formula is C17H26N4O3. The van der Waals surface area contributed by atoms with Crippen LogP contribution in [0.1, 0.15) is 37.4 Å². The van der Waals surface area contributed by atoms with Gasteiger partial charge in [-0.05, 0) is 25.8 Å². The number of hydrogen-bond donors (Lipinski definition) is 1. The van der Waals surface area contributed by atoms with Crippen LogP contribution in [-0.4, -0.2) is 75.7 Å². The van der Waals surface area contributed by atoms with Crippen molar-refractivity contribution < 1.29 is 14.6 Å². The lowest BCUT2D eigenvalue weighted by atomic mass is 9.90. The summed E-state index contributed by atoms with van der Waals surface area (Å²) in [4.78, 5) is 24.2. The van der Waals surface area contributed by atoms with Crippen LogP contribution in [0.25, 0.3) is 0 Å². The Hall–Kier alpha value is -1.57. The van der Waals surface area contributed by atoms with E-state index in [-0.39, 0.29) is 12.0 Å². The summed E-state index contributed by atoms with van der Waals surface area (Å²) in [6, 6.07) is 1.87. The van der Waals surface area contributed by atoms with Gasteiger partial charge >= 0.3 is 0 Å². The fourth-order valence-corrected chi connectivity index (χ4v) is 3.44. The molecule has 0 aliphatic carbocycles. The van der Waals surface area contributed by atoms with E-state index in [9.17, 15) is 9.90 Å². The monoisotopic (exact) mass is 334 g/mol. The van der Waals surface area contributed by atoms with Gasteiger partial charge in [0.05, 0.1) is 12.2 Å². The molecule has 3 heterocycles. The number of amides is 1. The molecule has 0 bridgehead atoms.